The van der Waals surface area contributed by atoms with Crippen LogP contribution in [0.1, 0.15) is 39.4 Å². The molecule has 1 aromatic rings. The molecule has 0 aliphatic heterocycles. The summed E-state index contributed by atoms with van der Waals surface area (Å²) in [5, 5.41) is 16.6. The first-order valence-corrected chi connectivity index (χ1v) is 7.13. The Hall–Kier alpha value is -1.40. The molecule has 0 amide bonds. The largest absolute Gasteiger partial charge is 0.388 e. The Kier molecular flexibility index (Phi) is 6.67. The van der Waals surface area contributed by atoms with Crippen LogP contribution < -0.4 is 10.6 Å². The van der Waals surface area contributed by atoms with Gasteiger partial charge < -0.3 is 20.5 Å². The van der Waals surface area contributed by atoms with Gasteiger partial charge in [-0.25, -0.2) is 9.97 Å². The van der Waals surface area contributed by atoms with Gasteiger partial charge in [0.1, 0.15) is 18.2 Å². The van der Waals surface area contributed by atoms with E-state index in [0.717, 1.165) is 12.4 Å². The number of anilines is 2. The van der Waals surface area contributed by atoms with Gasteiger partial charge >= 0.3 is 0 Å². The van der Waals surface area contributed by atoms with Crippen molar-refractivity contribution in [1.29, 1.82) is 0 Å². The minimum Gasteiger partial charge on any atom is -0.388 e. The van der Waals surface area contributed by atoms with Crippen LogP contribution in [-0.2, 0) is 11.3 Å². The molecule has 0 fully saturated rings. The van der Waals surface area contributed by atoms with Crippen molar-refractivity contribution < 1.29 is 9.84 Å². The molecule has 0 saturated carbocycles. The Labute approximate surface area is 121 Å². The monoisotopic (exact) mass is 282 g/mol. The molecule has 0 bridgehead atoms. The van der Waals surface area contributed by atoms with Gasteiger partial charge in [-0.1, -0.05) is 13.8 Å². The summed E-state index contributed by atoms with van der Waals surface area (Å²) in [7, 11) is 1.61. The number of hydrogen-bond acceptors (Lipinski definition) is 6. The minimum absolute atomic E-state index is 0.361. The van der Waals surface area contributed by atoms with Crippen LogP contribution in [0.15, 0.2) is 6.07 Å². The van der Waals surface area contributed by atoms with E-state index in [1.807, 2.05) is 26.8 Å². The molecule has 1 rings (SSSR count). The van der Waals surface area contributed by atoms with Gasteiger partial charge in [-0.05, 0) is 19.8 Å². The second-order valence-corrected chi connectivity index (χ2v) is 4.80. The molecule has 0 aromatic carbocycles. The normalized spacial score (nSPS) is 11.4. The topological polar surface area (TPSA) is 79.3 Å². The lowest BCUT2D eigenvalue weighted by atomic mass is 9.98. The van der Waals surface area contributed by atoms with Crippen LogP contribution >= 0.6 is 0 Å². The van der Waals surface area contributed by atoms with Crippen LogP contribution in [0.5, 0.6) is 0 Å². The van der Waals surface area contributed by atoms with Crippen LogP contribution in [0.4, 0.5) is 11.6 Å². The summed E-state index contributed by atoms with van der Waals surface area (Å²) in [5.74, 6) is 2.07. The van der Waals surface area contributed by atoms with Gasteiger partial charge in [0.25, 0.3) is 0 Å². The Bertz CT molecular complexity index is 384. The number of methoxy groups -OCH3 is 1. The van der Waals surface area contributed by atoms with Crippen molar-refractivity contribution in [3.63, 3.8) is 0 Å². The SMILES string of the molecule is CCNc1cc(NCC(O)(CC)CC)nc(COC)n1. The molecule has 6 heteroatoms. The lowest BCUT2D eigenvalue weighted by Gasteiger charge is -2.25. The zero-order valence-corrected chi connectivity index (χ0v) is 12.9. The van der Waals surface area contributed by atoms with Crippen LogP contribution in [0.25, 0.3) is 0 Å². The van der Waals surface area contributed by atoms with Gasteiger partial charge in [0, 0.05) is 26.3 Å². The summed E-state index contributed by atoms with van der Waals surface area (Å²) in [5.41, 5.74) is -0.704. The summed E-state index contributed by atoms with van der Waals surface area (Å²) in [6.45, 7) is 7.58. The molecule has 1 aromatic heterocycles. The summed E-state index contributed by atoms with van der Waals surface area (Å²) in [6.07, 6.45) is 1.40. The zero-order valence-electron chi connectivity index (χ0n) is 12.9. The standard InChI is InChI=1S/C14H26N4O2/c1-5-14(19,6-2)10-16-12-8-11(15-7-3)17-13(18-12)9-20-4/h8,19H,5-7,9-10H2,1-4H3,(H2,15,16,17,18). The summed E-state index contributed by atoms with van der Waals surface area (Å²) < 4.78 is 5.07. The highest BCUT2D eigenvalue weighted by Gasteiger charge is 2.22. The van der Waals surface area contributed by atoms with E-state index in [9.17, 15) is 5.11 Å². The Morgan fingerprint density at radius 2 is 1.75 bits per heavy atom. The smallest absolute Gasteiger partial charge is 0.158 e. The predicted octanol–water partition coefficient (Wildman–Crippen LogP) is 2.02. The van der Waals surface area contributed by atoms with Crippen molar-refractivity contribution in [3.05, 3.63) is 11.9 Å². The molecule has 1 heterocycles. The maximum absolute atomic E-state index is 10.3. The highest BCUT2D eigenvalue weighted by molar-refractivity contribution is 5.47. The van der Waals surface area contributed by atoms with Crippen molar-refractivity contribution >= 4 is 11.6 Å². The molecule has 0 aliphatic rings. The first kappa shape index (κ1) is 16.7. The number of nitrogens with zero attached hydrogens (tertiary/aromatic N) is 2. The highest BCUT2D eigenvalue weighted by atomic mass is 16.5. The van der Waals surface area contributed by atoms with Crippen molar-refractivity contribution in [1.82, 2.24) is 9.97 Å². The lowest BCUT2D eigenvalue weighted by molar-refractivity contribution is 0.0456. The van der Waals surface area contributed by atoms with Crippen LogP contribution in [0.3, 0.4) is 0 Å². The fourth-order valence-corrected chi connectivity index (χ4v) is 1.81. The quantitative estimate of drug-likeness (QED) is 0.643. The number of ether oxygens (including phenoxy) is 1. The van der Waals surface area contributed by atoms with Crippen molar-refractivity contribution in [2.45, 2.75) is 45.8 Å². The summed E-state index contributed by atoms with van der Waals surface area (Å²) in [6, 6.07) is 1.84. The van der Waals surface area contributed by atoms with E-state index in [2.05, 4.69) is 20.6 Å². The van der Waals surface area contributed by atoms with Gasteiger partial charge in [-0.2, -0.15) is 0 Å². The minimum atomic E-state index is -0.704. The molecule has 0 atom stereocenters. The summed E-state index contributed by atoms with van der Waals surface area (Å²) in [4.78, 5) is 8.73. The Morgan fingerprint density at radius 1 is 1.15 bits per heavy atom. The second-order valence-electron chi connectivity index (χ2n) is 4.80. The maximum Gasteiger partial charge on any atom is 0.158 e. The van der Waals surface area contributed by atoms with Gasteiger partial charge in [0.2, 0.25) is 0 Å². The van der Waals surface area contributed by atoms with Crippen LogP contribution in [0, 0.1) is 0 Å². The number of nitrogens with one attached hydrogen (secondary N) is 2. The van der Waals surface area contributed by atoms with Gasteiger partial charge in [-0.3, -0.25) is 0 Å². The molecule has 0 radical (unpaired) electrons. The van der Waals surface area contributed by atoms with E-state index < -0.39 is 5.60 Å². The molecular weight excluding hydrogens is 256 g/mol. The second kappa shape index (κ2) is 8.01. The third-order valence-corrected chi connectivity index (χ3v) is 3.32. The average Bonchev–Trinajstić information content (AvgIpc) is 2.45. The number of hydrogen-bond donors (Lipinski definition) is 3. The molecular formula is C14H26N4O2. The Morgan fingerprint density at radius 3 is 2.25 bits per heavy atom. The first-order chi connectivity index (χ1) is 9.56. The third kappa shape index (κ3) is 4.94. The average molecular weight is 282 g/mol. The van der Waals surface area contributed by atoms with Crippen molar-refractivity contribution in [2.24, 2.45) is 0 Å². The fraction of sp³-hybridized carbons (Fsp3) is 0.714. The van der Waals surface area contributed by atoms with E-state index in [-0.39, 0.29) is 0 Å². The molecule has 0 spiro atoms. The number of rotatable bonds is 9. The zero-order chi connectivity index (χ0) is 15.0. The van der Waals surface area contributed by atoms with Crippen molar-refractivity contribution in [2.75, 3.05) is 30.8 Å². The molecule has 3 N–H and O–H groups in total. The van der Waals surface area contributed by atoms with Gasteiger partial charge in [0.15, 0.2) is 5.82 Å². The van der Waals surface area contributed by atoms with Crippen molar-refractivity contribution in [3.8, 4) is 0 Å². The van der Waals surface area contributed by atoms with Crippen LogP contribution in [0.2, 0.25) is 0 Å². The molecule has 0 saturated heterocycles. The van der Waals surface area contributed by atoms with E-state index >= 15 is 0 Å². The van der Waals surface area contributed by atoms with Crippen LogP contribution in [-0.4, -0.2) is 40.9 Å². The maximum atomic E-state index is 10.3. The molecule has 6 nitrogen and oxygen atoms in total. The molecule has 114 valence electrons. The molecule has 0 aliphatic carbocycles. The fourth-order valence-electron chi connectivity index (χ4n) is 1.81. The Balaban J connectivity index is 2.82. The lowest BCUT2D eigenvalue weighted by Crippen LogP contribution is -2.35. The third-order valence-electron chi connectivity index (χ3n) is 3.32. The molecule has 0 unspecified atom stereocenters. The predicted molar refractivity (Wildman–Crippen MR) is 80.9 cm³/mol. The first-order valence-electron chi connectivity index (χ1n) is 7.13. The highest BCUT2D eigenvalue weighted by Crippen LogP contribution is 2.17. The van der Waals surface area contributed by atoms with E-state index in [1.165, 1.54) is 0 Å². The number of aliphatic hydroxyl groups is 1. The van der Waals surface area contributed by atoms with E-state index in [4.69, 9.17) is 4.74 Å². The van der Waals surface area contributed by atoms with Gasteiger partial charge in [-0.15, -0.1) is 0 Å². The van der Waals surface area contributed by atoms with E-state index in [0.29, 0.717) is 37.6 Å². The number of aromatic nitrogens is 2. The van der Waals surface area contributed by atoms with E-state index in [1.54, 1.807) is 7.11 Å². The van der Waals surface area contributed by atoms with Gasteiger partial charge in [0.05, 0.1) is 5.60 Å². The molecule has 20 heavy (non-hydrogen) atoms. The summed E-state index contributed by atoms with van der Waals surface area (Å²) >= 11 is 0.